The number of pyridine rings is 2. The van der Waals surface area contributed by atoms with Crippen molar-refractivity contribution in [3.63, 3.8) is 0 Å². The summed E-state index contributed by atoms with van der Waals surface area (Å²) in [6.45, 7) is 3.77. The summed E-state index contributed by atoms with van der Waals surface area (Å²) in [5.41, 5.74) is 11.6. The van der Waals surface area contributed by atoms with Gasteiger partial charge >= 0.3 is 121 Å². The predicted octanol–water partition coefficient (Wildman–Crippen LogP) is 14.2. The van der Waals surface area contributed by atoms with Crippen molar-refractivity contribution >= 4 is 72.6 Å². The number of benzene rings is 6. The van der Waals surface area contributed by atoms with Crippen LogP contribution in [0.4, 0.5) is 0 Å². The van der Waals surface area contributed by atoms with Crippen LogP contribution in [0.5, 0.6) is 0 Å². The maximum Gasteiger partial charge on any atom is 0 e. The monoisotopic (exact) mass is 1090 g/mol. The third-order valence-corrected chi connectivity index (χ3v) is 16.1. The van der Waals surface area contributed by atoms with Crippen molar-refractivity contribution in [3.8, 4) is 34.0 Å². The fourth-order valence-corrected chi connectivity index (χ4v) is 12.3. The Morgan fingerprint density at radius 1 is 0.646 bits per heavy atom. The summed E-state index contributed by atoms with van der Waals surface area (Å²) in [5.74, 6) is 6.73. The van der Waals surface area contributed by atoms with E-state index in [1.165, 1.54) is 22.4 Å². The number of imidazole rings is 1. The summed E-state index contributed by atoms with van der Waals surface area (Å²) >= 11 is -2.82. The quantitative estimate of drug-likeness (QED) is 0.127. The van der Waals surface area contributed by atoms with Gasteiger partial charge in [-0.15, -0.1) is 17.7 Å². The van der Waals surface area contributed by atoms with Crippen LogP contribution in [0.25, 0.3) is 88.9 Å². The smallest absolute Gasteiger partial charge is 0 e. The van der Waals surface area contributed by atoms with Gasteiger partial charge in [0.05, 0.1) is 33.5 Å². The molecule has 65 heavy (non-hydrogen) atoms. The first-order chi connectivity index (χ1) is 33.2. The molecule has 0 bridgehead atoms. The van der Waals surface area contributed by atoms with Crippen LogP contribution < -0.4 is 4.40 Å². The summed E-state index contributed by atoms with van der Waals surface area (Å²) < 4.78 is 58.9. The predicted molar refractivity (Wildman–Crippen MR) is 269 cm³/mol. The average molecular weight is 1090 g/mol. The van der Waals surface area contributed by atoms with Crippen LogP contribution in [0.3, 0.4) is 0 Å². The molecule has 0 aliphatic carbocycles. The number of nitrogens with zero attached hydrogens (tertiary/aromatic N) is 5. The number of aromatic nitrogens is 5. The second-order valence-corrected chi connectivity index (χ2v) is 28.9. The van der Waals surface area contributed by atoms with Gasteiger partial charge in [-0.3, -0.25) is 4.98 Å². The molecule has 5 heterocycles. The zero-order valence-electron chi connectivity index (χ0n) is 43.3. The molecule has 0 aliphatic heterocycles. The van der Waals surface area contributed by atoms with E-state index in [-0.39, 0.29) is 36.8 Å². The molecule has 325 valence electrons. The van der Waals surface area contributed by atoms with E-state index >= 15 is 0 Å². The SMILES string of the molecule is Cc1c[c-]c(-c2nc3ccccc3n2-c2ccc3c4ccccc4n(-c4ccccc4)c3c2)c2oc3nc(C(C)(C)C)ccc3c12.[2H]C([2H])([2H])c1cc(-c2[c-]cccc2)nc(C([2H])([2H])[2H])[c]1[Ge]([CH3])([CH3])[CH3].[Ir]. The van der Waals surface area contributed by atoms with Gasteiger partial charge in [-0.1, -0.05) is 93.2 Å². The van der Waals surface area contributed by atoms with E-state index in [1.807, 2.05) is 29.4 Å². The molecular formula is C57H51GeIrN5O-2. The third-order valence-electron chi connectivity index (χ3n) is 11.8. The van der Waals surface area contributed by atoms with E-state index in [0.29, 0.717) is 21.4 Å². The Labute approximate surface area is 405 Å². The van der Waals surface area contributed by atoms with Crippen LogP contribution in [-0.4, -0.2) is 37.4 Å². The minimum atomic E-state index is -2.82. The van der Waals surface area contributed by atoms with Gasteiger partial charge in [0.25, 0.3) is 0 Å². The molecule has 8 heteroatoms. The Bertz CT molecular complexity index is 3760. The Balaban J connectivity index is 0.000000213. The maximum atomic E-state index is 7.90. The van der Waals surface area contributed by atoms with E-state index in [2.05, 4.69) is 157 Å². The summed E-state index contributed by atoms with van der Waals surface area (Å²) in [5, 5.41) is 4.49. The zero-order chi connectivity index (χ0) is 49.5. The van der Waals surface area contributed by atoms with E-state index < -0.39 is 27.0 Å². The molecule has 0 amide bonds. The molecule has 0 saturated carbocycles. The molecule has 0 fully saturated rings. The van der Waals surface area contributed by atoms with Crippen molar-refractivity contribution < 1.29 is 32.7 Å². The molecule has 1 radical (unpaired) electrons. The molecule has 11 rings (SSSR count). The van der Waals surface area contributed by atoms with Gasteiger partial charge in [-0.25, -0.2) is 4.98 Å². The Morgan fingerprint density at radius 3 is 2.11 bits per heavy atom. The van der Waals surface area contributed by atoms with Crippen molar-refractivity contribution in [1.82, 2.24) is 24.1 Å². The van der Waals surface area contributed by atoms with E-state index in [1.54, 1.807) is 24.3 Å². The first-order valence-electron chi connectivity index (χ1n) is 24.5. The van der Waals surface area contributed by atoms with Gasteiger partial charge in [0, 0.05) is 58.7 Å². The third kappa shape index (κ3) is 7.94. The van der Waals surface area contributed by atoms with E-state index in [9.17, 15) is 0 Å². The van der Waals surface area contributed by atoms with E-state index in [4.69, 9.17) is 22.6 Å². The number of rotatable bonds is 5. The normalized spacial score (nSPS) is 13.7. The summed E-state index contributed by atoms with van der Waals surface area (Å²) in [7, 11) is 0. The van der Waals surface area contributed by atoms with Crippen LogP contribution >= 0.6 is 0 Å². The Kier molecular flexibility index (Phi) is 9.73. The average Bonchev–Trinajstić information content (AvgIpc) is 4.01. The summed E-state index contributed by atoms with van der Waals surface area (Å²) in [6, 6.07) is 55.5. The zero-order valence-corrected chi connectivity index (χ0v) is 41.8. The minimum Gasteiger partial charge on any atom is 0 e. The Morgan fingerprint density at radius 2 is 1.37 bits per heavy atom. The van der Waals surface area contributed by atoms with Crippen LogP contribution in [0, 0.1) is 32.8 Å². The fourth-order valence-electron chi connectivity index (χ4n) is 8.85. The number of furan rings is 1. The molecule has 0 saturated heterocycles. The summed E-state index contributed by atoms with van der Waals surface area (Å²) in [6.07, 6.45) is 0. The van der Waals surface area contributed by atoms with Crippen molar-refractivity contribution in [2.45, 2.75) is 64.1 Å². The largest absolute Gasteiger partial charge is 0 e. The number of aryl methyl sites for hydroxylation is 3. The van der Waals surface area contributed by atoms with Gasteiger partial charge in [0.2, 0.25) is 5.71 Å². The van der Waals surface area contributed by atoms with Crippen LogP contribution in [0.15, 0.2) is 150 Å². The number of fused-ring (bicyclic) bond motifs is 7. The fraction of sp³-hybridized carbons (Fsp3) is 0.175. The van der Waals surface area contributed by atoms with Crippen LogP contribution in [0.2, 0.25) is 17.3 Å². The molecule has 0 aliphatic rings. The van der Waals surface area contributed by atoms with Crippen LogP contribution in [-0.2, 0) is 25.5 Å². The van der Waals surface area contributed by atoms with Gasteiger partial charge in [0.15, 0.2) is 0 Å². The number of hydrogen-bond acceptors (Lipinski definition) is 4. The molecule has 0 atom stereocenters. The first-order valence-corrected chi connectivity index (χ1v) is 28.9. The van der Waals surface area contributed by atoms with Gasteiger partial charge in [-0.05, 0) is 54.6 Å². The topological polar surface area (TPSA) is 61.7 Å². The van der Waals surface area contributed by atoms with Gasteiger partial charge < -0.3 is 13.6 Å². The number of hydrogen-bond donors (Lipinski definition) is 0. The second kappa shape index (κ2) is 17.0. The molecule has 11 aromatic rings. The van der Waals surface area contributed by atoms with Crippen molar-refractivity contribution in [2.75, 3.05) is 0 Å². The van der Waals surface area contributed by atoms with Gasteiger partial charge in [-0.2, -0.15) is 0 Å². The van der Waals surface area contributed by atoms with Crippen LogP contribution in [0.1, 0.15) is 51.5 Å². The van der Waals surface area contributed by atoms with Crippen molar-refractivity contribution in [1.29, 1.82) is 0 Å². The standard InChI is InChI=1S/C41H31N4O.C16H20GeN.Ir/c1-25-18-20-31(38-37(25)30-22-23-36(41(2,3)4)43-40(30)46-38)39-42-32-15-9-11-17-34(32)45(39)27-19-21-29-28-14-8-10-16-33(28)44(35(29)24-27)26-12-6-5-7-13-26;1-12-11-15(14-9-7-6-8-10-14)18-13(2)16(12)17(3,4)5;/h5-19,21-24H,1-4H3;6-9,11H,1-5H3;/q2*-1;/i;1D3,2D3;. The molecule has 5 aromatic heterocycles. The minimum absolute atomic E-state index is 0. The van der Waals surface area contributed by atoms with Gasteiger partial charge in [0.1, 0.15) is 0 Å². The number of para-hydroxylation sites is 4. The second-order valence-electron chi connectivity index (χ2n) is 18.4. The maximum absolute atomic E-state index is 7.90. The Hall–Kier alpha value is -6.12. The van der Waals surface area contributed by atoms with Crippen molar-refractivity contribution in [2.24, 2.45) is 0 Å². The van der Waals surface area contributed by atoms with Crippen molar-refractivity contribution in [3.05, 3.63) is 180 Å². The first kappa shape index (κ1) is 37.1. The molecule has 0 spiro atoms. The molecule has 0 N–H and O–H groups in total. The summed E-state index contributed by atoms with van der Waals surface area (Å²) in [4.78, 5) is 14.5. The molecule has 6 nitrogen and oxygen atoms in total. The molecular weight excluding hydrogens is 1040 g/mol. The van der Waals surface area contributed by atoms with E-state index in [0.717, 1.165) is 66.9 Å². The molecule has 6 aromatic carbocycles. The molecule has 0 unspecified atom stereocenters.